The van der Waals surface area contributed by atoms with E-state index in [0.717, 1.165) is 0 Å². The Hall–Kier alpha value is -6.89. The molecule has 1 aromatic rings. The van der Waals surface area contributed by atoms with Gasteiger partial charge in [0.25, 0.3) is 11.8 Å². The van der Waals surface area contributed by atoms with Crippen LogP contribution in [0, 0.1) is 0 Å². The van der Waals surface area contributed by atoms with E-state index in [9.17, 15) is 61.1 Å². The number of hydrogen-bond donors (Lipinski definition) is 6. The first-order valence-electron chi connectivity index (χ1n) is 29.3. The highest BCUT2D eigenvalue weighted by atomic mass is 32.2. The second-order valence-electron chi connectivity index (χ2n) is 27.8. The maximum absolute atomic E-state index is 13.8. The van der Waals surface area contributed by atoms with Crippen molar-refractivity contribution in [1.29, 1.82) is 0 Å². The van der Waals surface area contributed by atoms with Crippen molar-refractivity contribution in [2.24, 2.45) is 0 Å². The van der Waals surface area contributed by atoms with Gasteiger partial charge in [0.2, 0.25) is 5.82 Å². The second kappa shape index (κ2) is 34.5. The number of rotatable bonds is 27. The standard InChI is InChI=1S/C58H98N8O16.CHF3O3S/c1-53(2,3)77-42(67)30-28-40(49(73)81-57(13,14)15)64-51(75)62-38(47(71)79-55(7,8)9)26-22-24-32-59-45(69)36-34-37(44(61-35-36)66(19,20)21)46(70)60-33-25-23-27-39(48(72)80-56(10,11)12)63-52(76)65-41(50(74)82-58(16,17)18)29-31-43(68)78-54(4,5)6;2-1(3,4)8(5,6)7/h34-35,38-41H,22-33H2,1-21H3,(H5-,59,60,62,63,64,65,69,70,75,76);(H,5,6,7)/t38-,39-,40-,41-;/m0./s1. The van der Waals surface area contributed by atoms with Crippen LogP contribution in [0.1, 0.15) is 210 Å². The van der Waals surface area contributed by atoms with Crippen LogP contribution in [0.15, 0.2) is 12.3 Å². The summed E-state index contributed by atoms with van der Waals surface area (Å²) in [6.07, 6.45) is 2.16. The molecule has 516 valence electrons. The number of unbranched alkanes of at least 4 members (excludes halogenated alkanes) is 2. The lowest BCUT2D eigenvalue weighted by atomic mass is 10.1. The molecule has 0 aliphatic heterocycles. The first kappa shape index (κ1) is 83.1. The number of nitrogens with one attached hydrogen (secondary N) is 6. The van der Waals surface area contributed by atoms with E-state index in [4.69, 9.17) is 41.4 Å². The maximum Gasteiger partial charge on any atom is 0.485 e. The minimum absolute atomic E-state index is 0.0804. The number of hydrogen-bond acceptors (Lipinski definition) is 20. The number of halogens is 3. The molecule has 90 heavy (non-hydrogen) atoms. The van der Waals surface area contributed by atoms with Crippen LogP contribution in [0.5, 0.6) is 0 Å². The van der Waals surface area contributed by atoms with Gasteiger partial charge in [-0.2, -0.15) is 13.2 Å². The Bertz CT molecular complexity index is 2730. The van der Waals surface area contributed by atoms with Gasteiger partial charge in [-0.25, -0.2) is 42.2 Å². The number of urea groups is 2. The number of amides is 6. The number of pyridine rings is 1. The highest BCUT2D eigenvalue weighted by Crippen LogP contribution is 2.24. The molecule has 0 aliphatic carbocycles. The summed E-state index contributed by atoms with van der Waals surface area (Å²) in [6, 6.07) is -5.18. The molecule has 0 radical (unpaired) electrons. The first-order chi connectivity index (χ1) is 40.4. The summed E-state index contributed by atoms with van der Waals surface area (Å²) < 4.78 is 92.0. The summed E-state index contributed by atoms with van der Waals surface area (Å²) in [5.74, 6) is -4.86. The predicted octanol–water partition coefficient (Wildman–Crippen LogP) is 6.81. The van der Waals surface area contributed by atoms with Gasteiger partial charge in [0.15, 0.2) is 10.1 Å². The van der Waals surface area contributed by atoms with E-state index in [0.29, 0.717) is 31.5 Å². The Labute approximate surface area is 527 Å². The molecule has 1 aromatic heterocycles. The fourth-order valence-electron chi connectivity index (χ4n) is 7.34. The Morgan fingerprint density at radius 2 is 0.756 bits per heavy atom. The summed E-state index contributed by atoms with van der Waals surface area (Å²) in [5.41, 5.74) is -10.6. The Balaban J connectivity index is 0.00000920. The number of aromatic nitrogens is 1. The lowest BCUT2D eigenvalue weighted by Crippen LogP contribution is -2.53. The summed E-state index contributed by atoms with van der Waals surface area (Å²) >= 11 is 0. The van der Waals surface area contributed by atoms with Gasteiger partial charge in [-0.15, -0.1) is 0 Å². The lowest BCUT2D eigenvalue weighted by Gasteiger charge is -2.27. The third-order valence-corrected chi connectivity index (χ3v) is 11.4. The summed E-state index contributed by atoms with van der Waals surface area (Å²) in [6.45, 7) is 30.5. The van der Waals surface area contributed by atoms with E-state index in [2.05, 4.69) is 36.9 Å². The fraction of sp³-hybridized carbons (Fsp3) is 0.746. The van der Waals surface area contributed by atoms with Crippen LogP contribution in [0.3, 0.4) is 0 Å². The topological polar surface area (TPSA) is 368 Å². The Morgan fingerprint density at radius 1 is 0.478 bits per heavy atom. The van der Waals surface area contributed by atoms with Gasteiger partial charge in [0, 0.05) is 32.1 Å². The van der Waals surface area contributed by atoms with Gasteiger partial charge >= 0.3 is 53.4 Å². The second-order valence-corrected chi connectivity index (χ2v) is 29.2. The van der Waals surface area contributed by atoms with Crippen molar-refractivity contribution in [1.82, 2.24) is 41.4 Å². The van der Waals surface area contributed by atoms with Crippen molar-refractivity contribution in [3.63, 3.8) is 0 Å². The zero-order chi connectivity index (χ0) is 70.4. The number of ether oxygens (including phenoxy) is 6. The molecule has 0 aliphatic rings. The number of nitrogens with zero attached hydrogens (tertiary/aromatic N) is 2. The van der Waals surface area contributed by atoms with Crippen LogP contribution >= 0.6 is 0 Å². The summed E-state index contributed by atoms with van der Waals surface area (Å²) in [7, 11) is -0.660. The van der Waals surface area contributed by atoms with Crippen LogP contribution in [-0.4, -0.2) is 175 Å². The zero-order valence-corrected chi connectivity index (χ0v) is 57.0. The van der Waals surface area contributed by atoms with Crippen molar-refractivity contribution in [2.45, 2.75) is 252 Å². The van der Waals surface area contributed by atoms with Gasteiger partial charge in [0.1, 0.15) is 63.3 Å². The number of alkyl halides is 3. The van der Waals surface area contributed by atoms with Gasteiger partial charge in [0.05, 0.1) is 26.7 Å². The van der Waals surface area contributed by atoms with Gasteiger partial charge in [-0.1, -0.05) is 0 Å². The molecule has 31 heteroatoms. The normalized spacial score (nSPS) is 13.8. The number of carbonyl (C=O) groups is 10. The molecule has 0 aromatic carbocycles. The SMILES string of the molecule is CC(C)(C)OC(=O)CC[C@H](NC(=O)N[C@@H](CCCCNC(=O)c1cnc([N+](C)(C)C)c(C(=O)NCCCC[C@H](NC(=O)N[C@@H](CCC(=O)OC(C)(C)C)C(=O)OC(C)(C)C)C(=O)OC(C)(C)C)c1)C(=O)OC(C)(C)C)C(=O)OC(C)(C)C.O=S(=O)([O-])C(F)(F)F. The highest BCUT2D eigenvalue weighted by Gasteiger charge is 2.38. The maximum atomic E-state index is 13.8. The van der Waals surface area contributed by atoms with Crippen molar-refractivity contribution in [2.75, 3.05) is 34.2 Å². The molecule has 0 spiro atoms. The van der Waals surface area contributed by atoms with Crippen molar-refractivity contribution < 1.29 is 103 Å². The minimum Gasteiger partial charge on any atom is -0.741 e. The van der Waals surface area contributed by atoms with E-state index in [1.807, 2.05) is 21.1 Å². The molecule has 6 amide bonds. The van der Waals surface area contributed by atoms with Gasteiger partial charge in [-0.05, 0) is 182 Å². The van der Waals surface area contributed by atoms with Gasteiger partial charge in [-0.3, -0.25) is 23.7 Å². The third kappa shape index (κ3) is 38.0. The average Bonchev–Trinajstić information content (AvgIpc) is 1.11. The molecule has 1 rings (SSSR count). The van der Waals surface area contributed by atoms with E-state index in [1.165, 1.54) is 12.3 Å². The Kier molecular flexibility index (Phi) is 31.9. The highest BCUT2D eigenvalue weighted by molar-refractivity contribution is 7.86. The lowest BCUT2D eigenvalue weighted by molar-refractivity contribution is -0.160. The summed E-state index contributed by atoms with van der Waals surface area (Å²) in [5, 5.41) is 16.0. The molecular formula is C59H99F3N8O19S. The zero-order valence-electron chi connectivity index (χ0n) is 56.1. The molecule has 6 N–H and O–H groups in total. The molecule has 0 fully saturated rings. The van der Waals surface area contributed by atoms with Crippen LogP contribution in [0.25, 0.3) is 0 Å². The molecule has 0 saturated carbocycles. The van der Waals surface area contributed by atoms with Crippen molar-refractivity contribution in [3.8, 4) is 0 Å². The summed E-state index contributed by atoms with van der Waals surface area (Å²) in [4.78, 5) is 137. The smallest absolute Gasteiger partial charge is 0.485 e. The van der Waals surface area contributed by atoms with Crippen LogP contribution in [-0.2, 0) is 67.3 Å². The quantitative estimate of drug-likeness (QED) is 0.0131. The molecule has 0 saturated heterocycles. The first-order valence-corrected chi connectivity index (χ1v) is 30.7. The van der Waals surface area contributed by atoms with E-state index < -0.39 is 133 Å². The van der Waals surface area contributed by atoms with E-state index in [1.54, 1.807) is 125 Å². The molecule has 0 unspecified atom stereocenters. The van der Waals surface area contributed by atoms with Crippen LogP contribution in [0.4, 0.5) is 28.6 Å². The monoisotopic (exact) mass is 1310 g/mol. The predicted molar refractivity (Wildman–Crippen MR) is 324 cm³/mol. The van der Waals surface area contributed by atoms with Crippen LogP contribution < -0.4 is 36.4 Å². The third-order valence-electron chi connectivity index (χ3n) is 10.8. The Morgan fingerprint density at radius 3 is 1.02 bits per heavy atom. The molecule has 1 heterocycles. The van der Waals surface area contributed by atoms with Crippen LogP contribution in [0.2, 0.25) is 0 Å². The molecule has 0 bridgehead atoms. The van der Waals surface area contributed by atoms with Crippen molar-refractivity contribution >= 4 is 75.6 Å². The largest absolute Gasteiger partial charge is 0.741 e. The fourth-order valence-corrected chi connectivity index (χ4v) is 7.34. The number of carbonyl (C=O) groups excluding carboxylic acids is 10. The van der Waals surface area contributed by atoms with Crippen molar-refractivity contribution in [3.05, 3.63) is 23.4 Å². The van der Waals surface area contributed by atoms with Gasteiger partial charge < -0.3 is 64.9 Å². The van der Waals surface area contributed by atoms with E-state index in [-0.39, 0.29) is 67.2 Å². The number of quaternary nitrogens is 1. The molecule has 27 nitrogen and oxygen atoms in total. The van der Waals surface area contributed by atoms with E-state index >= 15 is 0 Å². The molecular weight excluding hydrogens is 1210 g/mol. The molecule has 4 atom stereocenters. The minimum atomic E-state index is -6.09. The average molecular weight is 1310 g/mol. The number of esters is 6.